The van der Waals surface area contributed by atoms with Crippen molar-refractivity contribution in [1.82, 2.24) is 19.7 Å². The lowest BCUT2D eigenvalue weighted by Gasteiger charge is -2.23. The smallest absolute Gasteiger partial charge is 0.242 e. The van der Waals surface area contributed by atoms with E-state index in [1.54, 1.807) is 6.20 Å². The Hall–Kier alpha value is -2.31. The van der Waals surface area contributed by atoms with Gasteiger partial charge in [0.25, 0.3) is 0 Å². The number of hydrogen-bond donors (Lipinski definition) is 3. The van der Waals surface area contributed by atoms with Gasteiger partial charge in [-0.3, -0.25) is 4.79 Å². The number of aromatic nitrogens is 3. The third-order valence-corrected chi connectivity index (χ3v) is 3.23. The summed E-state index contributed by atoms with van der Waals surface area (Å²) in [6.07, 6.45) is 7.20. The van der Waals surface area contributed by atoms with Crippen LogP contribution in [0.2, 0.25) is 0 Å². The van der Waals surface area contributed by atoms with Crippen LogP contribution >= 0.6 is 0 Å². The minimum absolute atomic E-state index is 0.0209. The molecule has 0 aliphatic carbocycles. The van der Waals surface area contributed by atoms with E-state index in [0.29, 0.717) is 5.82 Å². The lowest BCUT2D eigenvalue weighted by atomic mass is 10.1. The largest absolute Gasteiger partial charge is 0.372 e. The first-order valence-electron chi connectivity index (χ1n) is 6.33. The Balaban J connectivity index is 1.94. The van der Waals surface area contributed by atoms with Gasteiger partial charge in [-0.2, -0.15) is 0 Å². The van der Waals surface area contributed by atoms with Crippen molar-refractivity contribution in [2.24, 2.45) is 0 Å². The number of hydrogen-bond acceptors (Lipinski definition) is 5. The highest BCUT2D eigenvalue weighted by molar-refractivity contribution is 5.86. The fraction of sp³-hybridized carbons (Fsp3) is 0.417. The minimum Gasteiger partial charge on any atom is -0.372 e. The van der Waals surface area contributed by atoms with Crippen LogP contribution in [0.1, 0.15) is 12.8 Å². The molecule has 19 heavy (non-hydrogen) atoms. The highest BCUT2D eigenvalue weighted by atomic mass is 16.2. The van der Waals surface area contributed by atoms with Gasteiger partial charge in [-0.05, 0) is 12.8 Å². The quantitative estimate of drug-likeness (QED) is 0.747. The average Bonchev–Trinajstić information content (AvgIpc) is 2.89. The van der Waals surface area contributed by atoms with Crippen LogP contribution in [0.5, 0.6) is 0 Å². The standard InChI is InChI=1S/C12H16N6O/c1-13-9-7-18-6-5-14-11(18)10(17-9)16-8-3-2-4-15-12(8)19/h5-8,13H,2-4H2,1H3,(H,15,19)(H,16,17). The zero-order chi connectivity index (χ0) is 13.2. The maximum atomic E-state index is 11.8. The molecule has 1 unspecified atom stereocenters. The van der Waals surface area contributed by atoms with E-state index in [1.807, 2.05) is 23.8 Å². The second kappa shape index (κ2) is 4.75. The zero-order valence-corrected chi connectivity index (χ0v) is 10.7. The van der Waals surface area contributed by atoms with Crippen LogP contribution in [-0.4, -0.2) is 39.9 Å². The number of rotatable bonds is 3. The topological polar surface area (TPSA) is 83.4 Å². The van der Waals surface area contributed by atoms with E-state index < -0.39 is 0 Å². The highest BCUT2D eigenvalue weighted by Crippen LogP contribution is 2.18. The van der Waals surface area contributed by atoms with E-state index >= 15 is 0 Å². The molecule has 2 aromatic heterocycles. The number of carbonyl (C=O) groups excluding carboxylic acids is 1. The molecule has 1 fully saturated rings. The van der Waals surface area contributed by atoms with Gasteiger partial charge in [0.15, 0.2) is 11.5 Å². The number of amides is 1. The van der Waals surface area contributed by atoms with Crippen molar-refractivity contribution in [3.8, 4) is 0 Å². The first kappa shape index (κ1) is 11.8. The lowest BCUT2D eigenvalue weighted by Crippen LogP contribution is -2.44. The normalized spacial score (nSPS) is 19.2. The maximum absolute atomic E-state index is 11.8. The summed E-state index contributed by atoms with van der Waals surface area (Å²) in [6, 6.07) is -0.242. The molecule has 3 heterocycles. The second-order valence-electron chi connectivity index (χ2n) is 4.51. The lowest BCUT2D eigenvalue weighted by molar-refractivity contribution is -0.123. The molecule has 3 N–H and O–H groups in total. The van der Waals surface area contributed by atoms with Crippen LogP contribution < -0.4 is 16.0 Å². The van der Waals surface area contributed by atoms with Crippen LogP contribution in [0.15, 0.2) is 18.6 Å². The van der Waals surface area contributed by atoms with E-state index in [0.717, 1.165) is 30.9 Å². The fourth-order valence-corrected chi connectivity index (χ4v) is 2.22. The molecule has 100 valence electrons. The van der Waals surface area contributed by atoms with Crippen molar-refractivity contribution in [3.63, 3.8) is 0 Å². The second-order valence-corrected chi connectivity index (χ2v) is 4.51. The zero-order valence-electron chi connectivity index (χ0n) is 10.7. The minimum atomic E-state index is -0.242. The van der Waals surface area contributed by atoms with Gasteiger partial charge in [-0.15, -0.1) is 0 Å². The van der Waals surface area contributed by atoms with E-state index in [-0.39, 0.29) is 11.9 Å². The summed E-state index contributed by atoms with van der Waals surface area (Å²) in [6.45, 7) is 0.750. The molecule has 1 amide bonds. The van der Waals surface area contributed by atoms with Gasteiger partial charge in [-0.25, -0.2) is 9.97 Å². The monoisotopic (exact) mass is 260 g/mol. The predicted molar refractivity (Wildman–Crippen MR) is 72.2 cm³/mol. The molecule has 3 rings (SSSR count). The Morgan fingerprint density at radius 2 is 2.42 bits per heavy atom. The molecule has 1 saturated heterocycles. The number of nitrogens with one attached hydrogen (secondary N) is 3. The summed E-state index contributed by atoms with van der Waals surface area (Å²) in [7, 11) is 1.81. The summed E-state index contributed by atoms with van der Waals surface area (Å²) in [5.74, 6) is 1.37. The van der Waals surface area contributed by atoms with Gasteiger partial charge in [0.05, 0.1) is 6.20 Å². The summed E-state index contributed by atoms with van der Waals surface area (Å²) in [5, 5.41) is 9.04. The van der Waals surface area contributed by atoms with Crippen molar-refractivity contribution < 1.29 is 4.79 Å². The number of piperidine rings is 1. The van der Waals surface area contributed by atoms with Crippen molar-refractivity contribution in [2.45, 2.75) is 18.9 Å². The van der Waals surface area contributed by atoms with Crippen molar-refractivity contribution in [3.05, 3.63) is 18.6 Å². The van der Waals surface area contributed by atoms with Crippen molar-refractivity contribution >= 4 is 23.2 Å². The summed E-state index contributed by atoms with van der Waals surface area (Å²) in [5.41, 5.74) is 0.720. The molecule has 2 aromatic rings. The molecular formula is C12H16N6O. The molecule has 7 nitrogen and oxygen atoms in total. The van der Waals surface area contributed by atoms with Crippen molar-refractivity contribution in [1.29, 1.82) is 0 Å². The fourth-order valence-electron chi connectivity index (χ4n) is 2.22. The Morgan fingerprint density at radius 3 is 3.21 bits per heavy atom. The molecule has 7 heteroatoms. The van der Waals surface area contributed by atoms with Crippen LogP contribution in [0, 0.1) is 0 Å². The van der Waals surface area contributed by atoms with Gasteiger partial charge in [-0.1, -0.05) is 0 Å². The van der Waals surface area contributed by atoms with Gasteiger partial charge >= 0.3 is 0 Å². The predicted octanol–water partition coefficient (Wildman–Crippen LogP) is 0.461. The van der Waals surface area contributed by atoms with Gasteiger partial charge < -0.3 is 20.4 Å². The van der Waals surface area contributed by atoms with E-state index in [9.17, 15) is 4.79 Å². The number of carbonyl (C=O) groups is 1. The summed E-state index contributed by atoms with van der Waals surface area (Å²) >= 11 is 0. The first-order chi connectivity index (χ1) is 9.28. The first-order valence-corrected chi connectivity index (χ1v) is 6.33. The molecule has 0 radical (unpaired) electrons. The van der Waals surface area contributed by atoms with E-state index in [1.165, 1.54) is 0 Å². The van der Waals surface area contributed by atoms with Crippen LogP contribution in [-0.2, 0) is 4.79 Å². The molecule has 1 aliphatic heterocycles. The molecule has 1 atom stereocenters. The van der Waals surface area contributed by atoms with Gasteiger partial charge in [0, 0.05) is 26.0 Å². The third-order valence-electron chi connectivity index (χ3n) is 3.23. The molecule has 1 aliphatic rings. The Labute approximate surface area is 110 Å². The Morgan fingerprint density at radius 1 is 1.53 bits per heavy atom. The number of imidazole rings is 1. The molecule has 0 spiro atoms. The molecular weight excluding hydrogens is 244 g/mol. The van der Waals surface area contributed by atoms with Crippen molar-refractivity contribution in [2.75, 3.05) is 24.2 Å². The van der Waals surface area contributed by atoms with Gasteiger partial charge in [0.2, 0.25) is 5.91 Å². The highest BCUT2D eigenvalue weighted by Gasteiger charge is 2.23. The third kappa shape index (κ3) is 2.18. The number of fused-ring (bicyclic) bond motifs is 1. The Kier molecular flexibility index (Phi) is 2.94. The van der Waals surface area contributed by atoms with E-state index in [4.69, 9.17) is 0 Å². The van der Waals surface area contributed by atoms with Gasteiger partial charge in [0.1, 0.15) is 11.9 Å². The van der Waals surface area contributed by atoms with Crippen LogP contribution in [0.3, 0.4) is 0 Å². The molecule has 0 bridgehead atoms. The Bertz CT molecular complexity index is 607. The maximum Gasteiger partial charge on any atom is 0.242 e. The SMILES string of the molecule is CNc1cn2ccnc2c(NC2CCCNC2=O)n1. The van der Waals surface area contributed by atoms with Crippen LogP contribution in [0.4, 0.5) is 11.6 Å². The average molecular weight is 260 g/mol. The summed E-state index contributed by atoms with van der Waals surface area (Å²) in [4.78, 5) is 20.5. The summed E-state index contributed by atoms with van der Waals surface area (Å²) < 4.78 is 1.88. The molecule has 0 aromatic carbocycles. The molecule has 0 saturated carbocycles. The van der Waals surface area contributed by atoms with Crippen LogP contribution in [0.25, 0.3) is 5.65 Å². The number of anilines is 2. The number of nitrogens with zero attached hydrogens (tertiary/aromatic N) is 3. The van der Waals surface area contributed by atoms with E-state index in [2.05, 4.69) is 25.9 Å².